The third kappa shape index (κ3) is 6.13. The van der Waals surface area contributed by atoms with Gasteiger partial charge in [-0.2, -0.15) is 0 Å². The highest BCUT2D eigenvalue weighted by atomic mass is 32.2. The molecule has 2 rings (SSSR count). The van der Waals surface area contributed by atoms with Crippen LogP contribution in [0.25, 0.3) is 0 Å². The van der Waals surface area contributed by atoms with Gasteiger partial charge in [-0.3, -0.25) is 4.99 Å². The van der Waals surface area contributed by atoms with Crippen molar-refractivity contribution in [2.45, 2.75) is 45.1 Å². The maximum atomic E-state index is 11.5. The molecule has 6 nitrogen and oxygen atoms in total. The zero-order chi connectivity index (χ0) is 17.6. The summed E-state index contributed by atoms with van der Waals surface area (Å²) in [5, 5.41) is 3.11. The highest BCUT2D eigenvalue weighted by Gasteiger charge is 2.27. The predicted octanol–water partition coefficient (Wildman–Crippen LogP) is 2.08. The zero-order valence-corrected chi connectivity index (χ0v) is 15.3. The van der Waals surface area contributed by atoms with Crippen molar-refractivity contribution in [3.05, 3.63) is 29.8 Å². The number of guanidine groups is 1. The SMILES string of the molecule is CCc1cccc(NC(N)=NCC2CCCCC2NS(C)(=O)=O)c1. The summed E-state index contributed by atoms with van der Waals surface area (Å²) in [6, 6.07) is 8.02. The topological polar surface area (TPSA) is 96.6 Å². The standard InChI is InChI=1S/C17H28N4O2S/c1-3-13-7-6-9-15(11-13)20-17(18)19-12-14-8-4-5-10-16(14)21-24(2,22)23/h6-7,9,11,14,16,21H,3-5,8,10,12H2,1-2H3,(H3,18,19,20). The maximum absolute atomic E-state index is 11.5. The number of rotatable bonds is 6. The largest absolute Gasteiger partial charge is 0.370 e. The first-order valence-corrected chi connectivity index (χ1v) is 10.4. The Morgan fingerprint density at radius 3 is 2.79 bits per heavy atom. The second kappa shape index (κ2) is 8.48. The highest BCUT2D eigenvalue weighted by Crippen LogP contribution is 2.25. The monoisotopic (exact) mass is 352 g/mol. The number of anilines is 1. The number of benzene rings is 1. The molecule has 2 atom stereocenters. The van der Waals surface area contributed by atoms with Crippen LogP contribution < -0.4 is 15.8 Å². The molecule has 1 aromatic rings. The van der Waals surface area contributed by atoms with Crippen LogP contribution in [-0.4, -0.2) is 33.2 Å². The maximum Gasteiger partial charge on any atom is 0.208 e. The summed E-state index contributed by atoms with van der Waals surface area (Å²) < 4.78 is 25.7. The van der Waals surface area contributed by atoms with Gasteiger partial charge in [-0.05, 0) is 42.9 Å². The Labute approximate surface area is 145 Å². The van der Waals surface area contributed by atoms with E-state index in [1.807, 2.05) is 12.1 Å². The molecule has 0 radical (unpaired) electrons. The minimum Gasteiger partial charge on any atom is -0.370 e. The van der Waals surface area contributed by atoms with Gasteiger partial charge in [0.2, 0.25) is 10.0 Å². The smallest absolute Gasteiger partial charge is 0.208 e. The highest BCUT2D eigenvalue weighted by molar-refractivity contribution is 7.88. The Morgan fingerprint density at radius 2 is 2.08 bits per heavy atom. The van der Waals surface area contributed by atoms with Crippen LogP contribution in [0.3, 0.4) is 0 Å². The molecule has 0 aromatic heterocycles. The quantitative estimate of drug-likeness (QED) is 0.539. The molecule has 1 aliphatic rings. The summed E-state index contributed by atoms with van der Waals surface area (Å²) >= 11 is 0. The first kappa shape index (κ1) is 18.7. The van der Waals surface area contributed by atoms with Gasteiger partial charge in [0.15, 0.2) is 5.96 Å². The number of hydrogen-bond acceptors (Lipinski definition) is 3. The lowest BCUT2D eigenvalue weighted by molar-refractivity contribution is 0.297. The first-order valence-electron chi connectivity index (χ1n) is 8.50. The molecule has 0 saturated heterocycles. The van der Waals surface area contributed by atoms with Crippen LogP contribution in [0.2, 0.25) is 0 Å². The Kier molecular flexibility index (Phi) is 6.62. The fourth-order valence-corrected chi connectivity index (χ4v) is 3.99. The van der Waals surface area contributed by atoms with E-state index in [2.05, 4.69) is 34.1 Å². The van der Waals surface area contributed by atoms with Gasteiger partial charge in [-0.15, -0.1) is 0 Å². The predicted molar refractivity (Wildman–Crippen MR) is 99.7 cm³/mol. The zero-order valence-electron chi connectivity index (χ0n) is 14.5. The summed E-state index contributed by atoms with van der Waals surface area (Å²) in [4.78, 5) is 4.43. The minimum atomic E-state index is -3.20. The molecule has 0 bridgehead atoms. The number of aliphatic imine (C=N–C) groups is 1. The lowest BCUT2D eigenvalue weighted by Crippen LogP contribution is -2.43. The fraction of sp³-hybridized carbons (Fsp3) is 0.588. The van der Waals surface area contributed by atoms with Crippen LogP contribution in [0.4, 0.5) is 5.69 Å². The van der Waals surface area contributed by atoms with Gasteiger partial charge in [-0.1, -0.05) is 31.9 Å². The average Bonchev–Trinajstić information content (AvgIpc) is 2.53. The molecule has 0 heterocycles. The summed E-state index contributed by atoms with van der Waals surface area (Å²) in [6.07, 6.45) is 6.15. The van der Waals surface area contributed by atoms with E-state index in [-0.39, 0.29) is 12.0 Å². The van der Waals surface area contributed by atoms with Crippen molar-refractivity contribution in [2.75, 3.05) is 18.1 Å². The van der Waals surface area contributed by atoms with Gasteiger partial charge >= 0.3 is 0 Å². The van der Waals surface area contributed by atoms with E-state index in [0.717, 1.165) is 37.8 Å². The third-order valence-electron chi connectivity index (χ3n) is 4.38. The summed E-state index contributed by atoms with van der Waals surface area (Å²) in [7, 11) is -3.20. The molecule has 0 amide bonds. The van der Waals surface area contributed by atoms with Gasteiger partial charge in [0.05, 0.1) is 6.26 Å². The van der Waals surface area contributed by atoms with Crippen molar-refractivity contribution in [2.24, 2.45) is 16.6 Å². The Hall–Kier alpha value is -1.60. The van der Waals surface area contributed by atoms with Crippen LogP contribution in [0, 0.1) is 5.92 Å². The van der Waals surface area contributed by atoms with Gasteiger partial charge < -0.3 is 11.1 Å². The molecule has 24 heavy (non-hydrogen) atoms. The van der Waals surface area contributed by atoms with Crippen LogP contribution in [0.5, 0.6) is 0 Å². The number of nitrogens with one attached hydrogen (secondary N) is 2. The van der Waals surface area contributed by atoms with E-state index < -0.39 is 10.0 Å². The summed E-state index contributed by atoms with van der Waals surface area (Å²) in [5.41, 5.74) is 8.14. The van der Waals surface area contributed by atoms with E-state index in [0.29, 0.717) is 12.5 Å². The molecular weight excluding hydrogens is 324 g/mol. The van der Waals surface area contributed by atoms with Crippen molar-refractivity contribution in [3.8, 4) is 0 Å². The van der Waals surface area contributed by atoms with Gasteiger partial charge in [-0.25, -0.2) is 13.1 Å². The van der Waals surface area contributed by atoms with Gasteiger partial charge in [0, 0.05) is 18.3 Å². The Balaban J connectivity index is 1.96. The Bertz CT molecular complexity index is 673. The molecule has 1 aliphatic carbocycles. The number of nitrogens with two attached hydrogens (primary N) is 1. The average molecular weight is 353 g/mol. The number of sulfonamides is 1. The van der Waals surface area contributed by atoms with Crippen LogP contribution in [0.15, 0.2) is 29.3 Å². The van der Waals surface area contributed by atoms with E-state index >= 15 is 0 Å². The van der Waals surface area contributed by atoms with Crippen molar-refractivity contribution < 1.29 is 8.42 Å². The molecule has 7 heteroatoms. The van der Waals surface area contributed by atoms with E-state index in [4.69, 9.17) is 5.73 Å². The molecule has 2 unspecified atom stereocenters. The van der Waals surface area contributed by atoms with Crippen molar-refractivity contribution in [3.63, 3.8) is 0 Å². The summed E-state index contributed by atoms with van der Waals surface area (Å²) in [6.45, 7) is 2.63. The van der Waals surface area contributed by atoms with Crippen molar-refractivity contribution >= 4 is 21.7 Å². The number of hydrogen-bond donors (Lipinski definition) is 3. The second-order valence-electron chi connectivity index (χ2n) is 6.45. The molecule has 134 valence electrons. The first-order chi connectivity index (χ1) is 11.4. The molecule has 1 fully saturated rings. The lowest BCUT2D eigenvalue weighted by Gasteiger charge is -2.30. The van der Waals surface area contributed by atoms with Crippen LogP contribution in [-0.2, 0) is 16.4 Å². The van der Waals surface area contributed by atoms with Crippen molar-refractivity contribution in [1.82, 2.24) is 4.72 Å². The van der Waals surface area contributed by atoms with E-state index in [1.54, 1.807) is 0 Å². The molecule has 4 N–H and O–H groups in total. The van der Waals surface area contributed by atoms with Crippen LogP contribution >= 0.6 is 0 Å². The summed E-state index contributed by atoms with van der Waals surface area (Å²) in [5.74, 6) is 0.558. The van der Waals surface area contributed by atoms with E-state index in [1.165, 1.54) is 11.8 Å². The number of nitrogens with zero attached hydrogens (tertiary/aromatic N) is 1. The van der Waals surface area contributed by atoms with Crippen molar-refractivity contribution in [1.29, 1.82) is 0 Å². The molecule has 1 saturated carbocycles. The number of aryl methyl sites for hydroxylation is 1. The lowest BCUT2D eigenvalue weighted by atomic mass is 9.85. The molecular formula is C17H28N4O2S. The molecule has 0 aliphatic heterocycles. The second-order valence-corrected chi connectivity index (χ2v) is 8.23. The normalized spacial score (nSPS) is 22.3. The third-order valence-corrected chi connectivity index (χ3v) is 5.11. The van der Waals surface area contributed by atoms with Gasteiger partial charge in [0.1, 0.15) is 0 Å². The Morgan fingerprint density at radius 1 is 1.33 bits per heavy atom. The molecule has 1 aromatic carbocycles. The fourth-order valence-electron chi connectivity index (χ4n) is 3.13. The minimum absolute atomic E-state index is 0.0475. The van der Waals surface area contributed by atoms with Crippen LogP contribution in [0.1, 0.15) is 38.2 Å². The van der Waals surface area contributed by atoms with Gasteiger partial charge in [0.25, 0.3) is 0 Å². The van der Waals surface area contributed by atoms with E-state index in [9.17, 15) is 8.42 Å². The molecule has 0 spiro atoms.